The van der Waals surface area contributed by atoms with Crippen molar-refractivity contribution in [2.45, 2.75) is 69.1 Å². The third-order valence-corrected chi connectivity index (χ3v) is 7.74. The van der Waals surface area contributed by atoms with Crippen LogP contribution < -0.4 is 5.32 Å². The Bertz CT molecular complexity index is 1320. The van der Waals surface area contributed by atoms with Crippen molar-refractivity contribution in [2.75, 3.05) is 5.75 Å². The molecule has 1 N–H and O–H groups in total. The molecule has 0 atom stereocenters. The quantitative estimate of drug-likeness (QED) is 0.210. The van der Waals surface area contributed by atoms with Gasteiger partial charge in [0.05, 0.1) is 5.52 Å². The lowest BCUT2D eigenvalue weighted by atomic mass is 9.95. The SMILES string of the molecule is O=C(CCCCSc1nnc2c3ccccc3n(Cc3cccc(Cl)c3)c2n1)NC1CCCCC1. The van der Waals surface area contributed by atoms with E-state index < -0.39 is 0 Å². The van der Waals surface area contributed by atoms with Gasteiger partial charge in [-0.3, -0.25) is 4.79 Å². The van der Waals surface area contributed by atoms with E-state index in [4.69, 9.17) is 16.6 Å². The Morgan fingerprint density at radius 2 is 1.91 bits per heavy atom. The molecule has 1 fully saturated rings. The molecule has 1 aliphatic rings. The second-order valence-electron chi connectivity index (χ2n) is 9.21. The molecule has 1 saturated carbocycles. The second kappa shape index (κ2) is 11.4. The van der Waals surface area contributed by atoms with Gasteiger partial charge in [-0.25, -0.2) is 4.98 Å². The van der Waals surface area contributed by atoms with Gasteiger partial charge in [-0.2, -0.15) is 0 Å². The van der Waals surface area contributed by atoms with E-state index in [0.29, 0.717) is 24.2 Å². The van der Waals surface area contributed by atoms with Crippen LogP contribution in [-0.4, -0.2) is 37.5 Å². The minimum Gasteiger partial charge on any atom is -0.353 e. The van der Waals surface area contributed by atoms with Gasteiger partial charge < -0.3 is 9.88 Å². The number of amides is 1. The molecule has 0 saturated heterocycles. The smallest absolute Gasteiger partial charge is 0.220 e. The summed E-state index contributed by atoms with van der Waals surface area (Å²) in [7, 11) is 0. The molecule has 0 radical (unpaired) electrons. The summed E-state index contributed by atoms with van der Waals surface area (Å²) in [4.78, 5) is 17.1. The van der Waals surface area contributed by atoms with E-state index in [9.17, 15) is 4.79 Å². The summed E-state index contributed by atoms with van der Waals surface area (Å²) in [5, 5.41) is 14.6. The van der Waals surface area contributed by atoms with Crippen molar-refractivity contribution in [3.8, 4) is 0 Å². The van der Waals surface area contributed by atoms with Crippen molar-refractivity contribution >= 4 is 51.3 Å². The molecule has 6 nitrogen and oxygen atoms in total. The number of aromatic nitrogens is 4. The van der Waals surface area contributed by atoms with Gasteiger partial charge >= 0.3 is 0 Å². The van der Waals surface area contributed by atoms with Crippen molar-refractivity contribution < 1.29 is 4.79 Å². The Hall–Kier alpha value is -2.64. The number of halogens is 1. The van der Waals surface area contributed by atoms with Crippen LogP contribution in [0.1, 0.15) is 56.9 Å². The maximum atomic E-state index is 12.2. The molecule has 0 bridgehead atoms. The number of hydrogen-bond acceptors (Lipinski definition) is 5. The van der Waals surface area contributed by atoms with Gasteiger partial charge in [0.15, 0.2) is 5.65 Å². The summed E-state index contributed by atoms with van der Waals surface area (Å²) < 4.78 is 2.19. The highest BCUT2D eigenvalue weighted by Crippen LogP contribution is 2.28. The summed E-state index contributed by atoms with van der Waals surface area (Å²) in [6, 6.07) is 16.5. The predicted octanol–water partition coefficient (Wildman–Crippen LogP) is 6.39. The molecule has 4 aromatic rings. The molecule has 2 aromatic carbocycles. The Morgan fingerprint density at radius 1 is 1.06 bits per heavy atom. The normalized spacial score (nSPS) is 14.5. The predicted molar refractivity (Wildman–Crippen MR) is 143 cm³/mol. The van der Waals surface area contributed by atoms with Gasteiger partial charge in [0.2, 0.25) is 11.1 Å². The molecule has 0 unspecified atom stereocenters. The zero-order valence-electron chi connectivity index (χ0n) is 19.8. The average Bonchev–Trinajstić information content (AvgIpc) is 3.17. The fourth-order valence-electron chi connectivity index (χ4n) is 4.83. The lowest BCUT2D eigenvalue weighted by Crippen LogP contribution is -2.35. The summed E-state index contributed by atoms with van der Waals surface area (Å²) in [5.41, 5.74) is 3.83. The minimum atomic E-state index is 0.187. The number of hydrogen-bond donors (Lipinski definition) is 1. The van der Waals surface area contributed by atoms with Crippen molar-refractivity contribution in [3.63, 3.8) is 0 Å². The van der Waals surface area contributed by atoms with Gasteiger partial charge in [0.1, 0.15) is 5.52 Å². The van der Waals surface area contributed by atoms with Crippen LogP contribution in [0.4, 0.5) is 0 Å². The second-order valence-corrected chi connectivity index (χ2v) is 10.7. The number of carbonyl (C=O) groups excluding carboxylic acids is 1. The molecule has 0 spiro atoms. The van der Waals surface area contributed by atoms with Crippen LogP contribution in [0.3, 0.4) is 0 Å². The fraction of sp³-hybridized carbons (Fsp3) is 0.407. The van der Waals surface area contributed by atoms with Crippen LogP contribution >= 0.6 is 23.4 Å². The number of thioether (sulfide) groups is 1. The Morgan fingerprint density at radius 3 is 2.77 bits per heavy atom. The summed E-state index contributed by atoms with van der Waals surface area (Å²) in [6.07, 6.45) is 8.42. The molecule has 182 valence electrons. The first-order valence-corrected chi connectivity index (χ1v) is 13.8. The Labute approximate surface area is 214 Å². The van der Waals surface area contributed by atoms with Crippen LogP contribution in [0.5, 0.6) is 0 Å². The highest BCUT2D eigenvalue weighted by Gasteiger charge is 2.16. The van der Waals surface area contributed by atoms with E-state index >= 15 is 0 Å². The average molecular weight is 508 g/mol. The fourth-order valence-corrected chi connectivity index (χ4v) is 5.82. The zero-order chi connectivity index (χ0) is 24.0. The lowest BCUT2D eigenvalue weighted by molar-refractivity contribution is -0.122. The summed E-state index contributed by atoms with van der Waals surface area (Å²) in [5.74, 6) is 1.05. The molecule has 35 heavy (non-hydrogen) atoms. The van der Waals surface area contributed by atoms with Crippen molar-refractivity contribution in [1.29, 1.82) is 0 Å². The molecule has 1 amide bonds. The third-order valence-electron chi connectivity index (χ3n) is 6.58. The number of nitrogens with zero attached hydrogens (tertiary/aromatic N) is 4. The molecular formula is C27H30ClN5OS. The Kier molecular flexibility index (Phi) is 7.84. The molecule has 5 rings (SSSR count). The number of para-hydroxylation sites is 1. The van der Waals surface area contributed by atoms with Gasteiger partial charge in [0, 0.05) is 35.2 Å². The minimum absolute atomic E-state index is 0.187. The molecule has 1 aliphatic carbocycles. The van der Waals surface area contributed by atoms with Crippen LogP contribution in [0.25, 0.3) is 22.1 Å². The van der Waals surface area contributed by atoms with E-state index in [2.05, 4.69) is 38.3 Å². The number of nitrogens with one attached hydrogen (secondary N) is 1. The van der Waals surface area contributed by atoms with E-state index in [0.717, 1.165) is 64.1 Å². The maximum Gasteiger partial charge on any atom is 0.220 e. The van der Waals surface area contributed by atoms with E-state index in [-0.39, 0.29) is 5.91 Å². The van der Waals surface area contributed by atoms with Crippen LogP contribution in [-0.2, 0) is 11.3 Å². The Balaban J connectivity index is 1.23. The van der Waals surface area contributed by atoms with Gasteiger partial charge in [0.25, 0.3) is 0 Å². The monoisotopic (exact) mass is 507 g/mol. The van der Waals surface area contributed by atoms with Gasteiger partial charge in [-0.05, 0) is 49.4 Å². The standard InChI is InChI=1S/C27H30ClN5OS/c28-20-10-8-9-19(17-20)18-33-23-14-5-4-13-22(23)25-26(33)30-27(32-31-25)35-16-7-6-15-24(34)29-21-11-2-1-3-12-21/h4-5,8-10,13-14,17,21H,1-3,6-7,11-12,15-16,18H2,(H,29,34). The number of rotatable bonds is 9. The van der Waals surface area contributed by atoms with Crippen LogP contribution in [0, 0.1) is 0 Å². The van der Waals surface area contributed by atoms with Gasteiger partial charge in [-0.1, -0.05) is 73.0 Å². The molecular weight excluding hydrogens is 478 g/mol. The first-order chi connectivity index (χ1) is 17.2. The highest BCUT2D eigenvalue weighted by atomic mass is 35.5. The number of benzene rings is 2. The third kappa shape index (κ3) is 5.96. The zero-order valence-corrected chi connectivity index (χ0v) is 21.3. The van der Waals surface area contributed by atoms with Crippen molar-refractivity contribution in [1.82, 2.24) is 25.1 Å². The number of unbranched alkanes of at least 4 members (excludes halogenated alkanes) is 1. The number of carbonyl (C=O) groups is 1. The van der Waals surface area contributed by atoms with Crippen LogP contribution in [0.15, 0.2) is 53.7 Å². The largest absolute Gasteiger partial charge is 0.353 e. The van der Waals surface area contributed by atoms with E-state index in [1.165, 1.54) is 19.3 Å². The number of fused-ring (bicyclic) bond motifs is 3. The maximum absolute atomic E-state index is 12.2. The van der Waals surface area contributed by atoms with Crippen LogP contribution in [0.2, 0.25) is 5.02 Å². The molecule has 8 heteroatoms. The van der Waals surface area contributed by atoms with E-state index in [1.54, 1.807) is 11.8 Å². The molecule has 2 aromatic heterocycles. The van der Waals surface area contributed by atoms with Crippen molar-refractivity contribution in [3.05, 3.63) is 59.1 Å². The van der Waals surface area contributed by atoms with E-state index in [1.807, 2.05) is 30.3 Å². The topological polar surface area (TPSA) is 72.7 Å². The first kappa shape index (κ1) is 24.1. The van der Waals surface area contributed by atoms with Crippen molar-refractivity contribution in [2.24, 2.45) is 0 Å². The molecule has 2 heterocycles. The summed E-state index contributed by atoms with van der Waals surface area (Å²) in [6.45, 7) is 0.656. The van der Waals surface area contributed by atoms with Gasteiger partial charge in [-0.15, -0.1) is 10.2 Å². The molecule has 0 aliphatic heterocycles. The lowest BCUT2D eigenvalue weighted by Gasteiger charge is -2.22. The summed E-state index contributed by atoms with van der Waals surface area (Å²) >= 11 is 7.82. The highest BCUT2D eigenvalue weighted by molar-refractivity contribution is 7.99. The first-order valence-electron chi connectivity index (χ1n) is 12.5.